The smallest absolute Gasteiger partial charge is 0.164 e. The molecule has 0 fully saturated rings. The van der Waals surface area contributed by atoms with Crippen molar-refractivity contribution in [1.82, 2.24) is 19.5 Å². The van der Waals surface area contributed by atoms with Crippen LogP contribution in [0.1, 0.15) is 39.4 Å². The summed E-state index contributed by atoms with van der Waals surface area (Å²) < 4.78 is 2.76. The third-order valence-electron chi connectivity index (χ3n) is 15.1. The topological polar surface area (TPSA) is 43.6 Å². The van der Waals surface area contributed by atoms with Crippen LogP contribution in [0.5, 0.6) is 0 Å². The van der Waals surface area contributed by atoms with Gasteiger partial charge in [0.1, 0.15) is 0 Å². The summed E-state index contributed by atoms with van der Waals surface area (Å²) in [6, 6.07) is 69.3. The fraction of sp³-hybridized carbons (Fsp3) is 0.0678. The molecule has 4 heterocycles. The third kappa shape index (κ3) is 3.97. The van der Waals surface area contributed by atoms with Gasteiger partial charge in [-0.05, 0) is 73.3 Å². The molecule has 2 aliphatic heterocycles. The van der Waals surface area contributed by atoms with Crippen LogP contribution in [0, 0.1) is 5.92 Å². The summed E-state index contributed by atoms with van der Waals surface area (Å²) in [4.78, 5) is 15.8. The van der Waals surface area contributed by atoms with Crippen molar-refractivity contribution in [3.63, 3.8) is 0 Å². The van der Waals surface area contributed by atoms with E-state index < -0.39 is 10.8 Å². The van der Waals surface area contributed by atoms with Gasteiger partial charge in [-0.2, -0.15) is 0 Å². The second kappa shape index (κ2) is 11.9. The van der Waals surface area contributed by atoms with Crippen LogP contribution in [0.4, 0.5) is 0 Å². The molecule has 3 aliphatic carbocycles. The minimum atomic E-state index is -0.590. The number of hydrogen-bond donors (Lipinski definition) is 0. The molecule has 4 nitrogen and oxygen atoms in total. The fourth-order valence-electron chi connectivity index (χ4n) is 13.0. The second-order valence-electron chi connectivity index (χ2n) is 17.7. The van der Waals surface area contributed by atoms with Crippen LogP contribution in [0.2, 0.25) is 0 Å². The van der Waals surface area contributed by atoms with Crippen LogP contribution in [0.3, 0.4) is 0 Å². The van der Waals surface area contributed by atoms with Crippen molar-refractivity contribution in [2.75, 3.05) is 0 Å². The maximum Gasteiger partial charge on any atom is 0.164 e. The Hall–Kier alpha value is -7.95. The lowest BCUT2D eigenvalue weighted by atomic mass is 9.53. The summed E-state index contributed by atoms with van der Waals surface area (Å²) in [5.74, 6) is 2.08. The summed E-state index contributed by atoms with van der Waals surface area (Å²) in [7, 11) is 0. The molecule has 4 heteroatoms. The van der Waals surface area contributed by atoms with Gasteiger partial charge in [0.2, 0.25) is 0 Å². The Morgan fingerprint density at radius 2 is 0.873 bits per heavy atom. The molecule has 2 atom stereocenters. The molecule has 0 radical (unpaired) electrons. The van der Waals surface area contributed by atoms with Crippen molar-refractivity contribution < 1.29 is 0 Å². The highest BCUT2D eigenvalue weighted by Crippen LogP contribution is 2.71. The van der Waals surface area contributed by atoms with E-state index in [1.165, 1.54) is 83.0 Å². The number of nitrogens with zero attached hydrogens (tertiary/aromatic N) is 4. The average molecular weight is 801 g/mol. The molecule has 5 aliphatic rings. The molecule has 0 N–H and O–H groups in total. The summed E-state index contributed by atoms with van der Waals surface area (Å²) in [6.07, 6.45) is 7.41. The minimum absolute atomic E-state index is 0.0354. The summed E-state index contributed by atoms with van der Waals surface area (Å²) in [5, 5.41) is 2.49. The van der Waals surface area contributed by atoms with E-state index in [1.54, 1.807) is 0 Å². The average Bonchev–Trinajstić information content (AvgIpc) is 3.96. The van der Waals surface area contributed by atoms with E-state index >= 15 is 0 Å². The van der Waals surface area contributed by atoms with Crippen molar-refractivity contribution in [3.05, 3.63) is 245 Å². The molecule has 292 valence electrons. The van der Waals surface area contributed by atoms with Crippen molar-refractivity contribution in [1.29, 1.82) is 0 Å². The molecule has 0 saturated heterocycles. The van der Waals surface area contributed by atoms with Gasteiger partial charge in [0, 0.05) is 33.4 Å². The van der Waals surface area contributed by atoms with Gasteiger partial charge in [-0.25, -0.2) is 15.0 Å². The van der Waals surface area contributed by atoms with Gasteiger partial charge in [0.05, 0.1) is 27.9 Å². The van der Waals surface area contributed by atoms with Crippen LogP contribution >= 0.6 is 0 Å². The van der Waals surface area contributed by atoms with Gasteiger partial charge < -0.3 is 4.57 Å². The second-order valence-corrected chi connectivity index (χ2v) is 17.7. The Kier molecular flexibility index (Phi) is 6.37. The third-order valence-corrected chi connectivity index (χ3v) is 15.1. The highest BCUT2D eigenvalue weighted by Gasteiger charge is 2.62. The van der Waals surface area contributed by atoms with E-state index in [1.807, 2.05) is 36.4 Å². The number of hydrogen-bond acceptors (Lipinski definition) is 3. The normalized spacial score (nSPS) is 18.1. The van der Waals surface area contributed by atoms with E-state index in [2.05, 4.69) is 174 Å². The van der Waals surface area contributed by atoms with E-state index in [0.717, 1.165) is 16.7 Å². The quantitative estimate of drug-likeness (QED) is 0.179. The lowest BCUT2D eigenvalue weighted by Crippen LogP contribution is -2.50. The predicted octanol–water partition coefficient (Wildman–Crippen LogP) is 13.3. The zero-order chi connectivity index (χ0) is 41.0. The van der Waals surface area contributed by atoms with Crippen molar-refractivity contribution in [2.45, 2.75) is 16.9 Å². The van der Waals surface area contributed by atoms with Gasteiger partial charge in [0.15, 0.2) is 17.5 Å². The number of rotatable bonds is 3. The molecule has 63 heavy (non-hydrogen) atoms. The number of fused-ring (bicyclic) bond motifs is 15. The molecule has 8 aromatic carbocycles. The highest BCUT2D eigenvalue weighted by atomic mass is 15.1. The molecule has 10 aromatic rings. The van der Waals surface area contributed by atoms with Crippen molar-refractivity contribution >= 4 is 21.8 Å². The molecule has 2 spiro atoms. The zero-order valence-corrected chi connectivity index (χ0v) is 34.1. The summed E-state index contributed by atoms with van der Waals surface area (Å²) in [5.41, 5.74) is 19.3. The minimum Gasteiger partial charge on any atom is -0.332 e. The Balaban J connectivity index is 1.13. The van der Waals surface area contributed by atoms with Crippen LogP contribution < -0.4 is 0 Å². The summed E-state index contributed by atoms with van der Waals surface area (Å²) >= 11 is 0. The predicted molar refractivity (Wildman–Crippen MR) is 252 cm³/mol. The van der Waals surface area contributed by atoms with Gasteiger partial charge in [-0.3, -0.25) is 0 Å². The molecular formula is C59H36N4. The van der Waals surface area contributed by atoms with E-state index in [-0.39, 0.29) is 12.0 Å². The first-order valence-electron chi connectivity index (χ1n) is 22.0. The van der Waals surface area contributed by atoms with Crippen LogP contribution in [-0.2, 0) is 10.8 Å². The molecular weight excluding hydrogens is 765 g/mol. The zero-order valence-electron chi connectivity index (χ0n) is 34.1. The Morgan fingerprint density at radius 1 is 0.397 bits per heavy atom. The number of benzene rings is 8. The lowest BCUT2D eigenvalue weighted by Gasteiger charge is -2.54. The molecule has 0 bridgehead atoms. The van der Waals surface area contributed by atoms with E-state index in [4.69, 9.17) is 15.0 Å². The maximum absolute atomic E-state index is 5.35. The van der Waals surface area contributed by atoms with Gasteiger partial charge in [0.25, 0.3) is 0 Å². The molecule has 15 rings (SSSR count). The van der Waals surface area contributed by atoms with Gasteiger partial charge in [-0.1, -0.05) is 194 Å². The first-order chi connectivity index (χ1) is 31.3. The number of allylic oxidation sites excluding steroid dienone is 4. The number of para-hydroxylation sites is 1. The monoisotopic (exact) mass is 800 g/mol. The van der Waals surface area contributed by atoms with Crippen LogP contribution in [-0.4, -0.2) is 19.5 Å². The first-order valence-corrected chi connectivity index (χ1v) is 22.0. The maximum atomic E-state index is 5.35. The molecule has 2 unspecified atom stereocenters. The summed E-state index contributed by atoms with van der Waals surface area (Å²) in [6.45, 7) is 0. The van der Waals surface area contributed by atoms with Crippen LogP contribution in [0.25, 0.3) is 78.2 Å². The highest BCUT2D eigenvalue weighted by molar-refractivity contribution is 6.15. The lowest BCUT2D eigenvalue weighted by molar-refractivity contribution is 0.309. The Morgan fingerprint density at radius 3 is 1.46 bits per heavy atom. The fourth-order valence-corrected chi connectivity index (χ4v) is 13.0. The molecule has 2 aromatic heterocycles. The molecule has 0 saturated carbocycles. The SMILES string of the molecule is C1=CC2C3C(=C1)C1(c4ccccc4-c4ccccc41)c1cc(-c4nc(-c5ccccc5)nc(-c5ccccc5)n4)cc4c5cccc(c5n3c14)C21c2ccccc2-c2ccccc21. The van der Waals surface area contributed by atoms with Gasteiger partial charge in [-0.15, -0.1) is 0 Å². The van der Waals surface area contributed by atoms with Crippen molar-refractivity contribution in [2.24, 2.45) is 5.92 Å². The van der Waals surface area contributed by atoms with E-state index in [9.17, 15) is 0 Å². The van der Waals surface area contributed by atoms with Crippen LogP contribution in [0.15, 0.2) is 212 Å². The van der Waals surface area contributed by atoms with Crippen molar-refractivity contribution in [3.8, 4) is 56.4 Å². The Labute approximate surface area is 364 Å². The first kappa shape index (κ1) is 33.7. The standard InChI is InChI=1S/C59H36N4/c1-3-17-35(18-4-1)55-60-56(36-19-5-2-6-20-36)62-57(61-55)37-33-43-42-25-15-30-48-52(42)63-53(43)51(34-37)59(46-28-13-9-23-40(46)41-24-10-14-29-47(41)59)50-32-16-31-49(54(50)63)58(48)44-26-11-7-21-38(44)39-22-8-12-27-45(39)58/h1-34,49,54H. The number of aromatic nitrogens is 4. The largest absolute Gasteiger partial charge is 0.332 e. The Bertz CT molecular complexity index is 3560. The molecule has 0 amide bonds. The van der Waals surface area contributed by atoms with E-state index in [0.29, 0.717) is 17.5 Å². The van der Waals surface area contributed by atoms with Gasteiger partial charge >= 0.3 is 0 Å².